The molecular weight excluding hydrogens is 406 g/mol. The van der Waals surface area contributed by atoms with Crippen LogP contribution in [0.2, 0.25) is 5.02 Å². The Labute approximate surface area is 160 Å². The molecule has 0 aromatic heterocycles. The maximum atomic E-state index is 6.46. The van der Waals surface area contributed by atoms with Crippen LogP contribution in [0.15, 0.2) is 22.7 Å². The number of hydrogen-bond donors (Lipinski definition) is 1. The Morgan fingerprint density at radius 1 is 1.18 bits per heavy atom. The van der Waals surface area contributed by atoms with Gasteiger partial charge in [0.15, 0.2) is 0 Å². The van der Waals surface area contributed by atoms with E-state index in [2.05, 4.69) is 46.1 Å². The van der Waals surface area contributed by atoms with Gasteiger partial charge < -0.3 is 5.32 Å². The highest BCUT2D eigenvalue weighted by molar-refractivity contribution is 9.10. The van der Waals surface area contributed by atoms with E-state index >= 15 is 0 Å². The average molecular weight is 433 g/mol. The normalized spacial score (nSPS) is 16.8. The van der Waals surface area contributed by atoms with Crippen molar-refractivity contribution in [3.05, 3.63) is 33.3 Å². The molecule has 0 bridgehead atoms. The first-order valence-electron chi connectivity index (χ1n) is 7.47. The van der Waals surface area contributed by atoms with Crippen molar-refractivity contribution < 1.29 is 0 Å². The summed E-state index contributed by atoms with van der Waals surface area (Å²) in [6, 6.07) is 6.65. The zero-order chi connectivity index (χ0) is 14.5. The molecule has 1 fully saturated rings. The number of rotatable bonds is 5. The number of halogens is 4. The van der Waals surface area contributed by atoms with E-state index in [1.807, 2.05) is 12.1 Å². The summed E-state index contributed by atoms with van der Waals surface area (Å²) in [5, 5.41) is 4.32. The fraction of sp³-hybridized carbons (Fsp3) is 0.625. The molecule has 22 heavy (non-hydrogen) atoms. The molecular formula is C16H26BrCl3N2. The number of piperazine rings is 1. The Kier molecular flexibility index (Phi) is 11.4. The minimum Gasteiger partial charge on any atom is -0.314 e. The van der Waals surface area contributed by atoms with Crippen LogP contribution in [0, 0.1) is 5.92 Å². The third-order valence-corrected chi connectivity index (χ3v) is 4.76. The summed E-state index contributed by atoms with van der Waals surface area (Å²) in [5.74, 6) is 0.728. The molecule has 1 aromatic rings. The Balaban J connectivity index is 0.00000220. The van der Waals surface area contributed by atoms with Crippen LogP contribution in [0.3, 0.4) is 0 Å². The topological polar surface area (TPSA) is 15.3 Å². The van der Waals surface area contributed by atoms with E-state index in [0.717, 1.165) is 41.6 Å². The molecule has 1 saturated heterocycles. The molecule has 1 atom stereocenters. The standard InChI is InChI=1S/C16H24BrClN2.2ClH/c1-12(2)3-6-16(20-9-7-19-8-10-20)14-11-13(17)4-5-15(14)18;;/h4-5,11-12,16,19H,3,6-10H2,1-2H3;2*1H/t16-;;/m0../s1. The van der Waals surface area contributed by atoms with Gasteiger partial charge in [-0.2, -0.15) is 0 Å². The van der Waals surface area contributed by atoms with Crippen molar-refractivity contribution in [2.45, 2.75) is 32.7 Å². The fourth-order valence-electron chi connectivity index (χ4n) is 2.79. The summed E-state index contributed by atoms with van der Waals surface area (Å²) in [4.78, 5) is 2.58. The number of hydrogen-bond acceptors (Lipinski definition) is 2. The maximum absolute atomic E-state index is 6.46. The van der Waals surface area contributed by atoms with Gasteiger partial charge in [-0.1, -0.05) is 41.4 Å². The summed E-state index contributed by atoms with van der Waals surface area (Å²) >= 11 is 10.0. The van der Waals surface area contributed by atoms with Crippen molar-refractivity contribution in [2.24, 2.45) is 5.92 Å². The average Bonchev–Trinajstić information content (AvgIpc) is 2.43. The van der Waals surface area contributed by atoms with E-state index in [1.165, 1.54) is 18.4 Å². The Hall–Kier alpha value is 0.490. The summed E-state index contributed by atoms with van der Waals surface area (Å²) in [6.07, 6.45) is 2.41. The zero-order valence-electron chi connectivity index (χ0n) is 13.1. The second kappa shape index (κ2) is 11.1. The minimum absolute atomic E-state index is 0. The van der Waals surface area contributed by atoms with E-state index in [0.29, 0.717) is 6.04 Å². The van der Waals surface area contributed by atoms with E-state index in [1.54, 1.807) is 0 Å². The smallest absolute Gasteiger partial charge is 0.0454 e. The number of nitrogens with zero attached hydrogens (tertiary/aromatic N) is 1. The van der Waals surface area contributed by atoms with Gasteiger partial charge in [-0.15, -0.1) is 24.8 Å². The SMILES string of the molecule is CC(C)CC[C@@H](c1cc(Br)ccc1Cl)N1CCNCC1.Cl.Cl. The lowest BCUT2D eigenvalue weighted by atomic mass is 9.95. The van der Waals surface area contributed by atoms with Crippen molar-refractivity contribution in [3.63, 3.8) is 0 Å². The molecule has 0 spiro atoms. The zero-order valence-corrected chi connectivity index (χ0v) is 17.1. The molecule has 128 valence electrons. The van der Waals surface area contributed by atoms with E-state index in [-0.39, 0.29) is 24.8 Å². The van der Waals surface area contributed by atoms with Crippen LogP contribution in [0.4, 0.5) is 0 Å². The summed E-state index contributed by atoms with van der Waals surface area (Å²) < 4.78 is 1.11. The van der Waals surface area contributed by atoms with Gasteiger partial charge in [0.1, 0.15) is 0 Å². The number of benzene rings is 1. The lowest BCUT2D eigenvalue weighted by Crippen LogP contribution is -2.45. The van der Waals surface area contributed by atoms with Gasteiger partial charge in [0.2, 0.25) is 0 Å². The molecule has 0 radical (unpaired) electrons. The maximum Gasteiger partial charge on any atom is 0.0454 e. The highest BCUT2D eigenvalue weighted by atomic mass is 79.9. The molecule has 1 heterocycles. The molecule has 2 rings (SSSR count). The molecule has 0 saturated carbocycles. The Bertz CT molecular complexity index is 437. The molecule has 6 heteroatoms. The van der Waals surface area contributed by atoms with Crippen molar-refractivity contribution in [1.29, 1.82) is 0 Å². The lowest BCUT2D eigenvalue weighted by molar-refractivity contribution is 0.160. The van der Waals surface area contributed by atoms with Crippen LogP contribution in [0.5, 0.6) is 0 Å². The first-order valence-corrected chi connectivity index (χ1v) is 8.64. The molecule has 0 amide bonds. The highest BCUT2D eigenvalue weighted by Gasteiger charge is 2.24. The van der Waals surface area contributed by atoms with Gasteiger partial charge in [-0.25, -0.2) is 0 Å². The van der Waals surface area contributed by atoms with Gasteiger partial charge in [0.25, 0.3) is 0 Å². The van der Waals surface area contributed by atoms with Crippen LogP contribution in [-0.2, 0) is 0 Å². The van der Waals surface area contributed by atoms with E-state index in [9.17, 15) is 0 Å². The second-order valence-electron chi connectivity index (χ2n) is 5.94. The molecule has 1 aromatic carbocycles. The van der Waals surface area contributed by atoms with Crippen molar-refractivity contribution in [3.8, 4) is 0 Å². The summed E-state index contributed by atoms with van der Waals surface area (Å²) in [7, 11) is 0. The first kappa shape index (κ1) is 22.5. The molecule has 2 nitrogen and oxygen atoms in total. The summed E-state index contributed by atoms with van der Waals surface area (Å²) in [5.41, 5.74) is 1.27. The van der Waals surface area contributed by atoms with Crippen molar-refractivity contribution in [2.75, 3.05) is 26.2 Å². The third-order valence-electron chi connectivity index (χ3n) is 3.93. The van der Waals surface area contributed by atoms with Crippen LogP contribution < -0.4 is 5.32 Å². The fourth-order valence-corrected chi connectivity index (χ4v) is 3.41. The van der Waals surface area contributed by atoms with Gasteiger partial charge in [-0.3, -0.25) is 4.90 Å². The van der Waals surface area contributed by atoms with Gasteiger partial charge in [0, 0.05) is 41.7 Å². The van der Waals surface area contributed by atoms with Gasteiger partial charge >= 0.3 is 0 Å². The van der Waals surface area contributed by atoms with E-state index < -0.39 is 0 Å². The van der Waals surface area contributed by atoms with Gasteiger partial charge in [-0.05, 0) is 42.5 Å². The van der Waals surface area contributed by atoms with E-state index in [4.69, 9.17) is 11.6 Å². The largest absolute Gasteiger partial charge is 0.314 e. The molecule has 0 unspecified atom stereocenters. The molecule has 0 aliphatic carbocycles. The van der Waals surface area contributed by atoms with Crippen LogP contribution >= 0.6 is 52.3 Å². The minimum atomic E-state index is 0. The van der Waals surface area contributed by atoms with Crippen LogP contribution in [-0.4, -0.2) is 31.1 Å². The summed E-state index contributed by atoms with van der Waals surface area (Å²) in [6.45, 7) is 8.93. The lowest BCUT2D eigenvalue weighted by Gasteiger charge is -2.36. The monoisotopic (exact) mass is 430 g/mol. The van der Waals surface area contributed by atoms with Gasteiger partial charge in [0.05, 0.1) is 0 Å². The predicted octanol–water partition coefficient (Wildman–Crippen LogP) is 5.33. The van der Waals surface area contributed by atoms with Crippen molar-refractivity contribution in [1.82, 2.24) is 10.2 Å². The quantitative estimate of drug-likeness (QED) is 0.677. The first-order chi connectivity index (χ1) is 9.58. The van der Waals surface area contributed by atoms with Crippen LogP contribution in [0.1, 0.15) is 38.3 Å². The van der Waals surface area contributed by atoms with Crippen molar-refractivity contribution >= 4 is 52.3 Å². The van der Waals surface area contributed by atoms with Crippen LogP contribution in [0.25, 0.3) is 0 Å². The highest BCUT2D eigenvalue weighted by Crippen LogP contribution is 2.34. The third kappa shape index (κ3) is 6.54. The molecule has 1 aliphatic heterocycles. The number of nitrogens with one attached hydrogen (secondary N) is 1. The predicted molar refractivity (Wildman–Crippen MR) is 105 cm³/mol. The molecule has 1 aliphatic rings. The second-order valence-corrected chi connectivity index (χ2v) is 7.26. The Morgan fingerprint density at radius 2 is 1.82 bits per heavy atom. The molecule has 1 N–H and O–H groups in total. The Morgan fingerprint density at radius 3 is 2.41 bits per heavy atom.